The number of nitrogens with one attached hydrogen (secondary N) is 2. The fourth-order valence-electron chi connectivity index (χ4n) is 4.24. The molecule has 3 aromatic rings. The molecule has 1 fully saturated rings. The zero-order valence-corrected chi connectivity index (χ0v) is 22.5. The molecule has 194 valence electrons. The first-order chi connectivity index (χ1) is 17.9. The molecule has 4 rings (SSSR count). The molecule has 0 unspecified atom stereocenters. The summed E-state index contributed by atoms with van der Waals surface area (Å²) < 4.78 is 11.5. The van der Waals surface area contributed by atoms with Crippen LogP contribution in [-0.2, 0) is 14.3 Å². The second kappa shape index (κ2) is 12.6. The number of piperidine rings is 1. The molecule has 1 aromatic heterocycles. The minimum Gasteiger partial charge on any atom is -0.494 e. The molecule has 2 heterocycles. The number of halogens is 1. The van der Waals surface area contributed by atoms with E-state index in [2.05, 4.69) is 41.4 Å². The third-order valence-electron chi connectivity index (χ3n) is 6.11. The Kier molecular flexibility index (Phi) is 9.08. The summed E-state index contributed by atoms with van der Waals surface area (Å²) in [6.45, 7) is 4.10. The van der Waals surface area contributed by atoms with Crippen LogP contribution in [-0.4, -0.2) is 60.1 Å². The average Bonchev–Trinajstić information content (AvgIpc) is 2.88. The Morgan fingerprint density at radius 3 is 2.73 bits per heavy atom. The number of ether oxygens (including phenoxy) is 2. The molecule has 0 saturated carbocycles. The monoisotopic (exact) mass is 567 g/mol. The second-order valence-corrected chi connectivity index (χ2v) is 9.61. The van der Waals surface area contributed by atoms with Crippen molar-refractivity contribution in [1.29, 1.82) is 0 Å². The third kappa shape index (κ3) is 7.27. The van der Waals surface area contributed by atoms with Crippen LogP contribution in [0.25, 0.3) is 10.9 Å². The molecule has 2 N–H and O–H groups in total. The molecule has 2 aromatic carbocycles. The summed E-state index contributed by atoms with van der Waals surface area (Å²) in [4.78, 5) is 35.3. The number of amides is 1. The third-order valence-corrected chi connectivity index (χ3v) is 6.61. The fraction of sp³-hybridized carbons (Fsp3) is 0.333. The molecule has 1 amide bonds. The highest BCUT2D eigenvalue weighted by Gasteiger charge is 2.20. The van der Waals surface area contributed by atoms with Gasteiger partial charge in [0.2, 0.25) is 5.91 Å². The van der Waals surface area contributed by atoms with Gasteiger partial charge in [-0.05, 0) is 69.1 Å². The topological polar surface area (TPSA) is 106 Å². The van der Waals surface area contributed by atoms with Gasteiger partial charge < -0.3 is 20.1 Å². The number of carbonyl (C=O) groups excluding carboxylic acids is 2. The molecule has 1 saturated heterocycles. The summed E-state index contributed by atoms with van der Waals surface area (Å²) in [7, 11) is 1.55. The van der Waals surface area contributed by atoms with E-state index in [1.165, 1.54) is 6.33 Å². The van der Waals surface area contributed by atoms with E-state index in [1.807, 2.05) is 36.4 Å². The lowest BCUT2D eigenvalue weighted by Gasteiger charge is -2.29. The number of benzene rings is 2. The largest absolute Gasteiger partial charge is 0.494 e. The van der Waals surface area contributed by atoms with Crippen molar-refractivity contribution in [3.05, 3.63) is 59.4 Å². The smallest absolute Gasteiger partial charge is 0.320 e. The van der Waals surface area contributed by atoms with Gasteiger partial charge in [0.1, 0.15) is 17.9 Å². The lowest BCUT2D eigenvalue weighted by atomic mass is 9.96. The molecule has 9 nitrogen and oxygen atoms in total. The predicted octanol–water partition coefficient (Wildman–Crippen LogP) is 4.91. The highest BCUT2D eigenvalue weighted by atomic mass is 79.9. The molecule has 0 spiro atoms. The summed E-state index contributed by atoms with van der Waals surface area (Å²) in [5, 5.41) is 6.99. The van der Waals surface area contributed by atoms with Gasteiger partial charge in [-0.1, -0.05) is 28.1 Å². The van der Waals surface area contributed by atoms with Crippen LogP contribution in [0.15, 0.2) is 59.4 Å². The van der Waals surface area contributed by atoms with Gasteiger partial charge in [0.25, 0.3) is 0 Å². The van der Waals surface area contributed by atoms with Gasteiger partial charge in [0, 0.05) is 21.6 Å². The predicted molar refractivity (Wildman–Crippen MR) is 147 cm³/mol. The number of esters is 1. The van der Waals surface area contributed by atoms with Crippen molar-refractivity contribution in [2.75, 3.05) is 44.0 Å². The van der Waals surface area contributed by atoms with Crippen LogP contribution in [0.2, 0.25) is 0 Å². The van der Waals surface area contributed by atoms with E-state index in [9.17, 15) is 9.59 Å². The Morgan fingerprint density at radius 2 is 2.00 bits per heavy atom. The van der Waals surface area contributed by atoms with Crippen molar-refractivity contribution < 1.29 is 19.1 Å². The normalized spacial score (nSPS) is 14.6. The lowest BCUT2D eigenvalue weighted by molar-refractivity contribution is -0.144. The van der Waals surface area contributed by atoms with Crippen LogP contribution in [0.4, 0.5) is 17.2 Å². The SMILES string of the molecule is CCOC(=O)CN1CCC(C=CC(=O)Nc2cc3c(Nc4cccc(Br)c4)ncnc3cc2OC)CC1. The summed E-state index contributed by atoms with van der Waals surface area (Å²) >= 11 is 3.48. The Morgan fingerprint density at radius 1 is 1.19 bits per heavy atom. The summed E-state index contributed by atoms with van der Waals surface area (Å²) in [5.74, 6) is 0.961. The number of nitrogens with zero attached hydrogens (tertiary/aromatic N) is 3. The highest BCUT2D eigenvalue weighted by Crippen LogP contribution is 2.33. The van der Waals surface area contributed by atoms with Crippen LogP contribution in [0.1, 0.15) is 19.8 Å². The number of aromatic nitrogens is 2. The molecule has 10 heteroatoms. The maximum absolute atomic E-state index is 12.8. The van der Waals surface area contributed by atoms with Crippen LogP contribution in [0, 0.1) is 5.92 Å². The molecule has 1 aliphatic heterocycles. The average molecular weight is 568 g/mol. The van der Waals surface area contributed by atoms with Crippen molar-refractivity contribution in [3.8, 4) is 5.75 Å². The number of anilines is 3. The van der Waals surface area contributed by atoms with Gasteiger partial charge in [-0.2, -0.15) is 0 Å². The molecule has 0 bridgehead atoms. The number of likely N-dealkylation sites (tertiary alicyclic amines) is 1. The zero-order valence-electron chi connectivity index (χ0n) is 20.9. The van der Waals surface area contributed by atoms with E-state index in [-0.39, 0.29) is 17.8 Å². The minimum absolute atomic E-state index is 0.194. The molecule has 37 heavy (non-hydrogen) atoms. The van der Waals surface area contributed by atoms with E-state index >= 15 is 0 Å². The maximum atomic E-state index is 12.8. The Hall–Kier alpha value is -3.50. The number of allylic oxidation sites excluding steroid dienone is 1. The first-order valence-corrected chi connectivity index (χ1v) is 13.0. The molecular formula is C27H30BrN5O4. The van der Waals surface area contributed by atoms with Gasteiger partial charge in [0.05, 0.1) is 31.5 Å². The van der Waals surface area contributed by atoms with Crippen molar-refractivity contribution >= 4 is 55.9 Å². The number of hydrogen-bond acceptors (Lipinski definition) is 8. The second-order valence-electron chi connectivity index (χ2n) is 8.69. The van der Waals surface area contributed by atoms with Gasteiger partial charge in [-0.15, -0.1) is 0 Å². The van der Waals surface area contributed by atoms with Crippen LogP contribution >= 0.6 is 15.9 Å². The molecule has 1 aliphatic rings. The molecule has 0 radical (unpaired) electrons. The molecular weight excluding hydrogens is 538 g/mol. The van der Waals surface area contributed by atoms with E-state index in [0.717, 1.165) is 41.5 Å². The first kappa shape index (κ1) is 26.6. The summed E-state index contributed by atoms with van der Waals surface area (Å²) in [6.07, 6.45) is 6.75. The van der Waals surface area contributed by atoms with Crippen molar-refractivity contribution in [2.24, 2.45) is 5.92 Å². The summed E-state index contributed by atoms with van der Waals surface area (Å²) in [5.41, 5.74) is 2.08. The van der Waals surface area contributed by atoms with Crippen LogP contribution in [0.5, 0.6) is 5.75 Å². The fourth-order valence-corrected chi connectivity index (χ4v) is 4.64. The maximum Gasteiger partial charge on any atom is 0.320 e. The number of hydrogen-bond donors (Lipinski definition) is 2. The Bertz CT molecular complexity index is 1290. The van der Waals surface area contributed by atoms with Gasteiger partial charge in [-0.25, -0.2) is 9.97 Å². The van der Waals surface area contributed by atoms with E-state index in [0.29, 0.717) is 35.9 Å². The van der Waals surface area contributed by atoms with Crippen LogP contribution in [0.3, 0.4) is 0 Å². The highest BCUT2D eigenvalue weighted by molar-refractivity contribution is 9.10. The minimum atomic E-state index is -0.245. The quantitative estimate of drug-likeness (QED) is 0.277. The van der Waals surface area contributed by atoms with Gasteiger partial charge >= 0.3 is 5.97 Å². The van der Waals surface area contributed by atoms with Crippen LogP contribution < -0.4 is 15.4 Å². The number of rotatable bonds is 9. The van der Waals surface area contributed by atoms with Crippen molar-refractivity contribution in [2.45, 2.75) is 19.8 Å². The van der Waals surface area contributed by atoms with Gasteiger partial charge in [-0.3, -0.25) is 14.5 Å². The van der Waals surface area contributed by atoms with Gasteiger partial charge in [0.15, 0.2) is 0 Å². The number of methoxy groups -OCH3 is 1. The Labute approximate surface area is 224 Å². The first-order valence-electron chi connectivity index (χ1n) is 12.2. The lowest BCUT2D eigenvalue weighted by Crippen LogP contribution is -2.37. The number of fused-ring (bicyclic) bond motifs is 1. The zero-order chi connectivity index (χ0) is 26.2. The molecule has 0 atom stereocenters. The van der Waals surface area contributed by atoms with Crippen molar-refractivity contribution in [3.63, 3.8) is 0 Å². The standard InChI is InChI=1S/C27H30BrN5O4/c1-3-37-26(35)16-33-11-9-18(10-12-33)7-8-25(34)32-23-14-21-22(15-24(23)36-2)29-17-30-27(21)31-20-6-4-5-19(28)13-20/h4-8,13-15,17-18H,3,9-12,16H2,1-2H3,(H,32,34)(H,29,30,31). The van der Waals surface area contributed by atoms with E-state index in [1.54, 1.807) is 26.2 Å². The van der Waals surface area contributed by atoms with E-state index < -0.39 is 0 Å². The summed E-state index contributed by atoms with van der Waals surface area (Å²) in [6, 6.07) is 11.4. The Balaban J connectivity index is 1.43. The van der Waals surface area contributed by atoms with Crippen molar-refractivity contribution in [1.82, 2.24) is 14.9 Å². The van der Waals surface area contributed by atoms with E-state index in [4.69, 9.17) is 9.47 Å². The molecule has 0 aliphatic carbocycles. The number of carbonyl (C=O) groups is 2.